The second kappa shape index (κ2) is 7.06. The van der Waals surface area contributed by atoms with E-state index >= 15 is 0 Å². The van der Waals surface area contributed by atoms with Crippen LogP contribution in [0.5, 0.6) is 0 Å². The van der Waals surface area contributed by atoms with Gasteiger partial charge in [0.1, 0.15) is 18.1 Å². The minimum Gasteiger partial charge on any atom is -0.462 e. The average molecular weight is 259 g/mol. The molecular formula is C12H21NO3S. The second-order valence-electron chi connectivity index (χ2n) is 4.33. The van der Waals surface area contributed by atoms with E-state index in [1.54, 1.807) is 18.9 Å². The van der Waals surface area contributed by atoms with Crippen LogP contribution in [0, 0.1) is 0 Å². The Balaban J connectivity index is 2.30. The van der Waals surface area contributed by atoms with Crippen molar-refractivity contribution in [3.05, 3.63) is 23.7 Å². The minimum atomic E-state index is -0.679. The van der Waals surface area contributed by atoms with Gasteiger partial charge in [0.25, 0.3) is 0 Å². The third-order valence-electron chi connectivity index (χ3n) is 2.26. The van der Waals surface area contributed by atoms with Gasteiger partial charge in [-0.25, -0.2) is 0 Å². The molecule has 1 aromatic heterocycles. The molecule has 0 aliphatic rings. The highest BCUT2D eigenvalue weighted by Crippen LogP contribution is 2.11. The fourth-order valence-corrected chi connectivity index (χ4v) is 2.28. The van der Waals surface area contributed by atoms with Crippen molar-refractivity contribution in [3.63, 3.8) is 0 Å². The Kier molecular flexibility index (Phi) is 6.05. The lowest BCUT2D eigenvalue weighted by Crippen LogP contribution is -2.39. The number of methoxy groups -OCH3 is 1. The lowest BCUT2D eigenvalue weighted by molar-refractivity contribution is 0.0839. The molecule has 0 amide bonds. The monoisotopic (exact) mass is 259 g/mol. The Labute approximate surface area is 107 Å². The summed E-state index contributed by atoms with van der Waals surface area (Å²) in [6, 6.07) is 3.82. The predicted molar refractivity (Wildman–Crippen MR) is 70.1 cm³/mol. The summed E-state index contributed by atoms with van der Waals surface area (Å²) in [7, 11) is 1.64. The Morgan fingerprint density at radius 3 is 2.82 bits per heavy atom. The van der Waals surface area contributed by atoms with Crippen molar-refractivity contribution in [2.75, 3.05) is 25.7 Å². The first-order valence-corrected chi connectivity index (χ1v) is 6.95. The van der Waals surface area contributed by atoms with Gasteiger partial charge in [-0.15, -0.1) is 0 Å². The molecule has 2 N–H and O–H groups in total. The van der Waals surface area contributed by atoms with Crippen molar-refractivity contribution in [2.45, 2.75) is 25.7 Å². The Morgan fingerprint density at radius 2 is 2.18 bits per heavy atom. The van der Waals surface area contributed by atoms with Crippen LogP contribution in [-0.2, 0) is 17.9 Å². The van der Waals surface area contributed by atoms with Crippen LogP contribution in [0.25, 0.3) is 0 Å². The first kappa shape index (κ1) is 14.6. The van der Waals surface area contributed by atoms with Gasteiger partial charge < -0.3 is 19.6 Å². The molecule has 0 bridgehead atoms. The lowest BCUT2D eigenvalue weighted by Gasteiger charge is -2.22. The van der Waals surface area contributed by atoms with Crippen molar-refractivity contribution in [2.24, 2.45) is 0 Å². The van der Waals surface area contributed by atoms with E-state index in [1.807, 2.05) is 25.3 Å². The molecule has 17 heavy (non-hydrogen) atoms. The molecule has 0 aromatic carbocycles. The fraction of sp³-hybridized carbons (Fsp3) is 0.667. The molecule has 5 heteroatoms. The molecule has 0 fully saturated rings. The molecule has 0 aliphatic heterocycles. The van der Waals surface area contributed by atoms with E-state index in [4.69, 9.17) is 9.15 Å². The standard InChI is InChI=1S/C12H21NO3S/c1-12(14,9-17-3)8-13-6-10-4-5-11(16-10)7-15-2/h4-5,13-14H,6-9H2,1-3H3. The highest BCUT2D eigenvalue weighted by Gasteiger charge is 2.18. The van der Waals surface area contributed by atoms with Gasteiger partial charge in [-0.1, -0.05) is 0 Å². The summed E-state index contributed by atoms with van der Waals surface area (Å²) in [6.07, 6.45) is 1.98. The molecule has 1 rings (SSSR count). The van der Waals surface area contributed by atoms with Crippen LogP contribution >= 0.6 is 11.8 Å². The molecule has 1 heterocycles. The van der Waals surface area contributed by atoms with Crippen LogP contribution in [0.15, 0.2) is 16.5 Å². The molecule has 4 nitrogen and oxygen atoms in total. The van der Waals surface area contributed by atoms with Gasteiger partial charge in [-0.2, -0.15) is 11.8 Å². The van der Waals surface area contributed by atoms with Gasteiger partial charge in [0.05, 0.1) is 12.1 Å². The second-order valence-corrected chi connectivity index (χ2v) is 5.20. The summed E-state index contributed by atoms with van der Waals surface area (Å²) in [5.74, 6) is 2.39. The molecule has 0 aliphatic carbocycles. The van der Waals surface area contributed by atoms with Crippen molar-refractivity contribution in [3.8, 4) is 0 Å². The van der Waals surface area contributed by atoms with E-state index in [9.17, 15) is 5.11 Å². The highest BCUT2D eigenvalue weighted by atomic mass is 32.2. The first-order chi connectivity index (χ1) is 8.07. The zero-order valence-corrected chi connectivity index (χ0v) is 11.5. The van der Waals surface area contributed by atoms with Gasteiger partial charge >= 0.3 is 0 Å². The molecule has 1 atom stereocenters. The van der Waals surface area contributed by atoms with Crippen LogP contribution in [-0.4, -0.2) is 36.4 Å². The van der Waals surface area contributed by atoms with Crippen LogP contribution in [0.4, 0.5) is 0 Å². The molecule has 0 radical (unpaired) electrons. The minimum absolute atomic E-state index is 0.490. The highest BCUT2D eigenvalue weighted by molar-refractivity contribution is 7.98. The van der Waals surface area contributed by atoms with Gasteiger partial charge in [0, 0.05) is 19.4 Å². The topological polar surface area (TPSA) is 54.6 Å². The van der Waals surface area contributed by atoms with E-state index < -0.39 is 5.60 Å². The quantitative estimate of drug-likeness (QED) is 0.743. The lowest BCUT2D eigenvalue weighted by atomic mass is 10.1. The Hall–Kier alpha value is -0.490. The number of hydrogen-bond acceptors (Lipinski definition) is 5. The van der Waals surface area contributed by atoms with E-state index in [-0.39, 0.29) is 0 Å². The van der Waals surface area contributed by atoms with Crippen LogP contribution in [0.1, 0.15) is 18.4 Å². The van der Waals surface area contributed by atoms with Gasteiger partial charge in [-0.05, 0) is 25.3 Å². The number of aliphatic hydroxyl groups is 1. The summed E-state index contributed by atoms with van der Waals surface area (Å²) < 4.78 is 10.5. The maximum atomic E-state index is 9.95. The largest absolute Gasteiger partial charge is 0.462 e. The smallest absolute Gasteiger partial charge is 0.129 e. The third-order valence-corrected chi connectivity index (χ3v) is 3.17. The summed E-state index contributed by atoms with van der Waals surface area (Å²) in [6.45, 7) is 3.49. The maximum Gasteiger partial charge on any atom is 0.129 e. The van der Waals surface area contributed by atoms with Gasteiger partial charge in [-0.3, -0.25) is 0 Å². The number of nitrogens with one attached hydrogen (secondary N) is 1. The van der Waals surface area contributed by atoms with Crippen LogP contribution < -0.4 is 5.32 Å². The van der Waals surface area contributed by atoms with Crippen molar-refractivity contribution >= 4 is 11.8 Å². The summed E-state index contributed by atoms with van der Waals surface area (Å²) >= 11 is 1.64. The van der Waals surface area contributed by atoms with Gasteiger partial charge in [0.15, 0.2) is 0 Å². The molecule has 98 valence electrons. The molecule has 1 unspecified atom stereocenters. The van der Waals surface area contributed by atoms with Crippen molar-refractivity contribution < 1.29 is 14.3 Å². The zero-order valence-electron chi connectivity index (χ0n) is 10.7. The number of ether oxygens (including phenoxy) is 1. The fourth-order valence-electron chi connectivity index (χ4n) is 1.55. The van der Waals surface area contributed by atoms with Crippen molar-refractivity contribution in [1.29, 1.82) is 0 Å². The third kappa shape index (κ3) is 5.59. The van der Waals surface area contributed by atoms with E-state index in [2.05, 4.69) is 5.32 Å². The average Bonchev–Trinajstić information content (AvgIpc) is 2.66. The number of thioether (sulfide) groups is 1. The van der Waals surface area contributed by atoms with E-state index in [0.29, 0.717) is 25.4 Å². The van der Waals surface area contributed by atoms with Gasteiger partial charge in [0.2, 0.25) is 0 Å². The maximum absolute atomic E-state index is 9.95. The summed E-state index contributed by atoms with van der Waals surface area (Å²) in [4.78, 5) is 0. The SMILES string of the molecule is COCc1ccc(CNCC(C)(O)CSC)o1. The number of rotatable bonds is 8. The molecular weight excluding hydrogens is 238 g/mol. The zero-order chi connectivity index (χ0) is 12.7. The normalized spacial score (nSPS) is 14.8. The summed E-state index contributed by atoms with van der Waals surface area (Å²) in [5.41, 5.74) is -0.679. The van der Waals surface area contributed by atoms with Crippen LogP contribution in [0.2, 0.25) is 0 Å². The number of hydrogen-bond donors (Lipinski definition) is 2. The van der Waals surface area contributed by atoms with E-state index in [1.165, 1.54) is 0 Å². The molecule has 0 spiro atoms. The Morgan fingerprint density at radius 1 is 1.47 bits per heavy atom. The molecule has 1 aromatic rings. The summed E-state index contributed by atoms with van der Waals surface area (Å²) in [5, 5.41) is 13.1. The number of furan rings is 1. The first-order valence-electron chi connectivity index (χ1n) is 5.56. The molecule has 0 saturated heterocycles. The molecule has 0 saturated carbocycles. The van der Waals surface area contributed by atoms with Crippen molar-refractivity contribution in [1.82, 2.24) is 5.32 Å². The Bertz CT molecular complexity index is 325. The van der Waals surface area contributed by atoms with E-state index in [0.717, 1.165) is 11.5 Å². The predicted octanol–water partition coefficient (Wildman–Crippen LogP) is 1.63. The van der Waals surface area contributed by atoms with Crippen LogP contribution in [0.3, 0.4) is 0 Å².